The first-order chi connectivity index (χ1) is 9.20. The molecule has 4 nitrogen and oxygen atoms in total. The number of nitrogens with zero attached hydrogens (tertiary/aromatic N) is 1. The van der Waals surface area contributed by atoms with E-state index in [0.717, 1.165) is 11.4 Å². The van der Waals surface area contributed by atoms with Crippen LogP contribution in [0.5, 0.6) is 0 Å². The first-order valence-corrected chi connectivity index (χ1v) is 9.81. The number of pyridine rings is 1. The molecule has 112 valence electrons. The van der Waals surface area contributed by atoms with Gasteiger partial charge >= 0.3 is 5.97 Å². The highest BCUT2D eigenvalue weighted by molar-refractivity contribution is 6.48. The molecule has 0 spiro atoms. The summed E-state index contributed by atoms with van der Waals surface area (Å²) in [6, 6.07) is 5.78. The average molecular weight is 295 g/mol. The summed E-state index contributed by atoms with van der Waals surface area (Å²) in [5, 5.41) is 8.75. The minimum atomic E-state index is -1.18. The van der Waals surface area contributed by atoms with Crippen LogP contribution in [-0.2, 0) is 15.6 Å². The van der Waals surface area contributed by atoms with Gasteiger partial charge in [-0.25, -0.2) is 0 Å². The van der Waals surface area contributed by atoms with Crippen LogP contribution in [0, 0.1) is 5.41 Å². The van der Waals surface area contributed by atoms with Gasteiger partial charge in [-0.3, -0.25) is 9.78 Å². The van der Waals surface area contributed by atoms with Gasteiger partial charge in [-0.1, -0.05) is 26.8 Å². The first kappa shape index (κ1) is 16.9. The van der Waals surface area contributed by atoms with Gasteiger partial charge in [-0.05, 0) is 30.6 Å². The van der Waals surface area contributed by atoms with Crippen molar-refractivity contribution in [2.75, 3.05) is 0 Å². The fourth-order valence-electron chi connectivity index (χ4n) is 2.01. The molecule has 5 heteroatoms. The Morgan fingerprint density at radius 2 is 2.05 bits per heavy atom. The highest BCUT2D eigenvalue weighted by atomic mass is 28.3. The van der Waals surface area contributed by atoms with Crippen LogP contribution >= 0.6 is 0 Å². The number of rotatable bonds is 6. The van der Waals surface area contributed by atoms with E-state index < -0.39 is 15.0 Å². The maximum absolute atomic E-state index is 10.6. The van der Waals surface area contributed by atoms with Crippen molar-refractivity contribution in [3.05, 3.63) is 29.6 Å². The summed E-state index contributed by atoms with van der Waals surface area (Å²) < 4.78 is 6.14. The molecule has 1 aromatic rings. The van der Waals surface area contributed by atoms with Gasteiger partial charge in [0.05, 0.1) is 18.2 Å². The SMILES string of the molecule is C[SiH](C)OC(c1cccc(CCC(=O)O)n1)C(C)(C)C. The fourth-order valence-corrected chi connectivity index (χ4v) is 3.10. The highest BCUT2D eigenvalue weighted by Gasteiger charge is 2.29. The van der Waals surface area contributed by atoms with Gasteiger partial charge in [0, 0.05) is 12.1 Å². The summed E-state index contributed by atoms with van der Waals surface area (Å²) in [5.41, 5.74) is 1.69. The molecule has 0 amide bonds. The zero-order valence-corrected chi connectivity index (χ0v) is 14.2. The molecule has 1 unspecified atom stereocenters. The van der Waals surface area contributed by atoms with Crippen molar-refractivity contribution >= 4 is 15.0 Å². The zero-order chi connectivity index (χ0) is 15.3. The third-order valence-electron chi connectivity index (χ3n) is 2.89. The number of aromatic nitrogens is 1. The van der Waals surface area contributed by atoms with Gasteiger partial charge in [0.1, 0.15) is 0 Å². The van der Waals surface area contributed by atoms with E-state index in [1.165, 1.54) is 0 Å². The Morgan fingerprint density at radius 3 is 2.55 bits per heavy atom. The molecule has 0 saturated heterocycles. The Labute approximate surface area is 122 Å². The minimum Gasteiger partial charge on any atom is -0.481 e. The quantitative estimate of drug-likeness (QED) is 0.819. The summed E-state index contributed by atoms with van der Waals surface area (Å²) in [6.45, 7) is 10.7. The van der Waals surface area contributed by atoms with Gasteiger partial charge in [0.15, 0.2) is 9.04 Å². The van der Waals surface area contributed by atoms with Crippen molar-refractivity contribution in [2.45, 2.75) is 52.8 Å². The lowest BCUT2D eigenvalue weighted by Gasteiger charge is -2.32. The molecule has 0 bridgehead atoms. The van der Waals surface area contributed by atoms with E-state index in [1.54, 1.807) is 0 Å². The van der Waals surface area contributed by atoms with Gasteiger partial charge in [-0.15, -0.1) is 0 Å². The van der Waals surface area contributed by atoms with Crippen molar-refractivity contribution in [3.63, 3.8) is 0 Å². The van der Waals surface area contributed by atoms with Crippen LogP contribution in [0.15, 0.2) is 18.2 Å². The van der Waals surface area contributed by atoms with Crippen LogP contribution in [-0.4, -0.2) is 25.1 Å². The molecule has 0 saturated carbocycles. The average Bonchev–Trinajstić information content (AvgIpc) is 2.32. The molecule has 1 N–H and O–H groups in total. The van der Waals surface area contributed by atoms with Crippen LogP contribution in [0.1, 0.15) is 44.7 Å². The summed E-state index contributed by atoms with van der Waals surface area (Å²) in [7, 11) is -1.18. The maximum atomic E-state index is 10.6. The zero-order valence-electron chi connectivity index (χ0n) is 13.0. The van der Waals surface area contributed by atoms with E-state index in [2.05, 4.69) is 38.8 Å². The highest BCUT2D eigenvalue weighted by Crippen LogP contribution is 2.35. The molecular formula is C15H25NO3Si. The van der Waals surface area contributed by atoms with Gasteiger partial charge in [0.25, 0.3) is 0 Å². The lowest BCUT2D eigenvalue weighted by Crippen LogP contribution is -2.26. The van der Waals surface area contributed by atoms with Crippen molar-refractivity contribution in [1.82, 2.24) is 4.98 Å². The Morgan fingerprint density at radius 1 is 1.40 bits per heavy atom. The smallest absolute Gasteiger partial charge is 0.303 e. The van der Waals surface area contributed by atoms with E-state index >= 15 is 0 Å². The predicted molar refractivity (Wildman–Crippen MR) is 82.4 cm³/mol. The van der Waals surface area contributed by atoms with Crippen LogP contribution in [0.2, 0.25) is 13.1 Å². The van der Waals surface area contributed by atoms with Crippen LogP contribution in [0.25, 0.3) is 0 Å². The lowest BCUT2D eigenvalue weighted by atomic mass is 9.87. The molecule has 1 aromatic heterocycles. The molecule has 0 radical (unpaired) electrons. The van der Waals surface area contributed by atoms with Crippen molar-refractivity contribution in [2.24, 2.45) is 5.41 Å². The number of aliphatic carboxylic acids is 1. The molecule has 0 aliphatic rings. The van der Waals surface area contributed by atoms with E-state index in [1.807, 2.05) is 18.2 Å². The second-order valence-electron chi connectivity index (χ2n) is 6.38. The molecule has 1 rings (SSSR count). The van der Waals surface area contributed by atoms with Crippen molar-refractivity contribution in [1.29, 1.82) is 0 Å². The molecular weight excluding hydrogens is 270 g/mol. The molecule has 20 heavy (non-hydrogen) atoms. The predicted octanol–water partition coefficient (Wildman–Crippen LogP) is 3.19. The summed E-state index contributed by atoms with van der Waals surface area (Å²) >= 11 is 0. The monoisotopic (exact) mass is 295 g/mol. The maximum Gasteiger partial charge on any atom is 0.303 e. The van der Waals surface area contributed by atoms with Crippen LogP contribution in [0.3, 0.4) is 0 Å². The molecule has 0 fully saturated rings. The molecule has 0 aliphatic heterocycles. The van der Waals surface area contributed by atoms with Crippen LogP contribution in [0.4, 0.5) is 0 Å². The molecule has 0 aliphatic carbocycles. The van der Waals surface area contributed by atoms with Crippen molar-refractivity contribution in [3.8, 4) is 0 Å². The largest absolute Gasteiger partial charge is 0.481 e. The Balaban J connectivity index is 2.96. The van der Waals surface area contributed by atoms with Crippen LogP contribution < -0.4 is 0 Å². The van der Waals surface area contributed by atoms with E-state index in [-0.39, 0.29) is 17.9 Å². The molecule has 1 atom stereocenters. The number of hydrogen-bond donors (Lipinski definition) is 1. The topological polar surface area (TPSA) is 59.4 Å². The lowest BCUT2D eigenvalue weighted by molar-refractivity contribution is -0.136. The Hall–Kier alpha value is -1.20. The normalized spacial score (nSPS) is 13.5. The van der Waals surface area contributed by atoms with E-state index in [4.69, 9.17) is 9.53 Å². The number of carbonyl (C=O) groups is 1. The van der Waals surface area contributed by atoms with Gasteiger partial charge in [0.2, 0.25) is 0 Å². The van der Waals surface area contributed by atoms with Crippen molar-refractivity contribution < 1.29 is 14.3 Å². The van der Waals surface area contributed by atoms with E-state index in [0.29, 0.717) is 6.42 Å². The number of carboxylic acids is 1. The summed E-state index contributed by atoms with van der Waals surface area (Å²) in [4.78, 5) is 15.2. The fraction of sp³-hybridized carbons (Fsp3) is 0.600. The third-order valence-corrected chi connectivity index (χ3v) is 3.70. The second kappa shape index (κ2) is 6.99. The Bertz CT molecular complexity index is 455. The third kappa shape index (κ3) is 5.42. The van der Waals surface area contributed by atoms with Gasteiger partial charge < -0.3 is 9.53 Å². The molecule has 1 heterocycles. The van der Waals surface area contributed by atoms with Gasteiger partial charge in [-0.2, -0.15) is 0 Å². The molecule has 0 aromatic carbocycles. The second-order valence-corrected chi connectivity index (χ2v) is 8.75. The number of carboxylic acid groups (broad SMARTS) is 1. The Kier molecular flexibility index (Phi) is 5.89. The first-order valence-electron chi connectivity index (χ1n) is 7.03. The minimum absolute atomic E-state index is 0.0321. The summed E-state index contributed by atoms with van der Waals surface area (Å²) in [6.07, 6.45) is 0.522. The summed E-state index contributed by atoms with van der Waals surface area (Å²) in [5.74, 6) is -0.796. The number of aryl methyl sites for hydroxylation is 1. The standard InChI is InChI=1S/C15H25NO3Si/c1-15(2,3)14(19-20(4)5)12-8-6-7-11(16-12)9-10-13(17)18/h6-8,14,20H,9-10H2,1-5H3,(H,17,18). The number of hydrogen-bond acceptors (Lipinski definition) is 3. The van der Waals surface area contributed by atoms with E-state index in [9.17, 15) is 4.79 Å².